The number of allylic oxidation sites excluding steroid dienone is 1. The standard InChI is InChI=1S/C26H25F3N4O2/c1-3-17-12-20-21(26(27,28)29)10-16(11-23(20)32-24(17)15-34)14-33-8-6-18(7-9-33)19-4-5-22(31-13-19)25(35)30-2/h4-6,10-13,32H,3,7-9,14H2,1-2H3,(H,30,35). The maximum absolute atomic E-state index is 13.9. The average molecular weight is 483 g/mol. The van der Waals surface area contributed by atoms with Gasteiger partial charge in [-0.15, -0.1) is 0 Å². The van der Waals surface area contributed by atoms with Crippen LogP contribution < -0.4 is 10.6 Å². The Bertz CT molecular complexity index is 1260. The molecule has 1 aromatic carbocycles. The molecule has 4 rings (SSSR count). The van der Waals surface area contributed by atoms with Crippen LogP contribution in [-0.2, 0) is 17.5 Å². The van der Waals surface area contributed by atoms with Crippen LogP contribution in [0.15, 0.2) is 47.8 Å². The third-order valence-electron chi connectivity index (χ3n) is 6.22. The Morgan fingerprint density at radius 1 is 1.29 bits per heavy atom. The molecule has 182 valence electrons. The number of rotatable bonds is 5. The number of nitrogens with zero attached hydrogens (tertiary/aromatic N) is 2. The highest BCUT2D eigenvalue weighted by Gasteiger charge is 2.36. The van der Waals surface area contributed by atoms with Crippen LogP contribution >= 0.6 is 0 Å². The van der Waals surface area contributed by atoms with Crippen molar-refractivity contribution in [1.29, 1.82) is 0 Å². The maximum Gasteiger partial charge on any atom is 0.417 e. The minimum absolute atomic E-state index is 0.0469. The van der Waals surface area contributed by atoms with Crippen molar-refractivity contribution in [1.82, 2.24) is 15.2 Å². The van der Waals surface area contributed by atoms with E-state index in [0.29, 0.717) is 49.3 Å². The van der Waals surface area contributed by atoms with Crippen molar-refractivity contribution in [2.45, 2.75) is 32.5 Å². The second-order valence-electron chi connectivity index (χ2n) is 8.45. The molecule has 0 saturated heterocycles. The first-order valence-electron chi connectivity index (χ1n) is 11.3. The summed E-state index contributed by atoms with van der Waals surface area (Å²) >= 11 is 0. The second-order valence-corrected chi connectivity index (χ2v) is 8.45. The lowest BCUT2D eigenvalue weighted by Crippen LogP contribution is -2.28. The van der Waals surface area contributed by atoms with Crippen molar-refractivity contribution in [3.05, 3.63) is 75.8 Å². The summed E-state index contributed by atoms with van der Waals surface area (Å²) in [5.41, 5.74) is 3.11. The molecule has 0 fully saturated rings. The second kappa shape index (κ2) is 9.90. The highest BCUT2D eigenvalue weighted by atomic mass is 19.4. The highest BCUT2D eigenvalue weighted by Crippen LogP contribution is 2.41. The molecule has 0 radical (unpaired) electrons. The molecule has 6 nitrogen and oxygen atoms in total. The Balaban J connectivity index is 1.55. The van der Waals surface area contributed by atoms with Crippen LogP contribution in [0, 0.1) is 0 Å². The lowest BCUT2D eigenvalue weighted by atomic mass is 9.93. The van der Waals surface area contributed by atoms with Crippen LogP contribution in [0.4, 0.5) is 18.9 Å². The maximum atomic E-state index is 13.9. The average Bonchev–Trinajstić information content (AvgIpc) is 2.87. The molecule has 2 aromatic rings. The van der Waals surface area contributed by atoms with Crippen molar-refractivity contribution in [3.8, 4) is 0 Å². The Morgan fingerprint density at radius 2 is 2.09 bits per heavy atom. The largest absolute Gasteiger partial charge is 0.417 e. The fourth-order valence-corrected chi connectivity index (χ4v) is 4.35. The number of carbonyl (C=O) groups excluding carboxylic acids is 2. The number of aromatic nitrogens is 1. The van der Waals surface area contributed by atoms with Crippen molar-refractivity contribution >= 4 is 29.2 Å². The summed E-state index contributed by atoms with van der Waals surface area (Å²) in [5.74, 6) is 1.54. The van der Waals surface area contributed by atoms with Crippen molar-refractivity contribution < 1.29 is 22.8 Å². The molecule has 3 heterocycles. The third kappa shape index (κ3) is 5.21. The lowest BCUT2D eigenvalue weighted by Gasteiger charge is -2.28. The van der Waals surface area contributed by atoms with E-state index >= 15 is 0 Å². The van der Waals surface area contributed by atoms with Crippen LogP contribution in [0.3, 0.4) is 0 Å². The number of anilines is 1. The van der Waals surface area contributed by atoms with Crippen molar-refractivity contribution in [2.75, 3.05) is 25.5 Å². The molecule has 0 saturated carbocycles. The van der Waals surface area contributed by atoms with E-state index in [0.717, 1.165) is 11.1 Å². The van der Waals surface area contributed by atoms with E-state index in [9.17, 15) is 22.8 Å². The number of pyridine rings is 1. The molecule has 2 aliphatic rings. The van der Waals surface area contributed by atoms with Gasteiger partial charge >= 0.3 is 6.18 Å². The van der Waals surface area contributed by atoms with Gasteiger partial charge in [-0.3, -0.25) is 14.7 Å². The molecule has 0 bridgehead atoms. The molecule has 9 heteroatoms. The number of hydrogen-bond donors (Lipinski definition) is 2. The molecule has 0 spiro atoms. The molecule has 0 aliphatic carbocycles. The Kier molecular flexibility index (Phi) is 6.91. The normalized spacial score (nSPS) is 16.0. The van der Waals surface area contributed by atoms with Gasteiger partial charge in [-0.2, -0.15) is 13.2 Å². The van der Waals surface area contributed by atoms with Gasteiger partial charge in [0.1, 0.15) is 11.4 Å². The van der Waals surface area contributed by atoms with E-state index in [1.807, 2.05) is 12.1 Å². The third-order valence-corrected chi connectivity index (χ3v) is 6.22. The summed E-state index contributed by atoms with van der Waals surface area (Å²) in [4.78, 5) is 29.2. The van der Waals surface area contributed by atoms with Crippen LogP contribution in [0.1, 0.15) is 52.5 Å². The number of benzene rings is 1. The molecule has 2 N–H and O–H groups in total. The van der Waals surface area contributed by atoms with E-state index < -0.39 is 11.7 Å². The Hall–Kier alpha value is -3.68. The van der Waals surface area contributed by atoms with E-state index in [1.165, 1.54) is 12.1 Å². The molecular weight excluding hydrogens is 457 g/mol. The minimum Gasteiger partial charge on any atom is -0.354 e. The van der Waals surface area contributed by atoms with Gasteiger partial charge in [0.05, 0.1) is 5.56 Å². The fourth-order valence-electron chi connectivity index (χ4n) is 4.35. The van der Waals surface area contributed by atoms with Gasteiger partial charge in [0.2, 0.25) is 0 Å². The first-order valence-corrected chi connectivity index (χ1v) is 11.3. The van der Waals surface area contributed by atoms with Crippen LogP contribution in [0.25, 0.3) is 11.6 Å². The first kappa shape index (κ1) is 24.4. The molecule has 0 unspecified atom stereocenters. The zero-order valence-electron chi connectivity index (χ0n) is 19.4. The fraction of sp³-hybridized carbons (Fsp3) is 0.308. The van der Waals surface area contributed by atoms with Gasteiger partial charge in [-0.1, -0.05) is 19.1 Å². The zero-order valence-corrected chi connectivity index (χ0v) is 19.4. The van der Waals surface area contributed by atoms with E-state index in [2.05, 4.69) is 20.5 Å². The summed E-state index contributed by atoms with van der Waals surface area (Å²) in [5, 5.41) is 5.37. The number of hydrogen-bond acceptors (Lipinski definition) is 5. The Morgan fingerprint density at radius 3 is 2.66 bits per heavy atom. The van der Waals surface area contributed by atoms with Gasteiger partial charge in [0.15, 0.2) is 5.94 Å². The molecule has 1 amide bonds. The summed E-state index contributed by atoms with van der Waals surface area (Å²) < 4.78 is 41.7. The predicted octanol–water partition coefficient (Wildman–Crippen LogP) is 4.68. The summed E-state index contributed by atoms with van der Waals surface area (Å²) in [6, 6.07) is 6.38. The van der Waals surface area contributed by atoms with Crippen molar-refractivity contribution in [3.63, 3.8) is 0 Å². The SMILES string of the molecule is CCC1=Cc2c(cc(CN3CC=C(c4ccc(C(=O)NC)nc4)CC3)cc2C(F)(F)F)NC1=C=O. The number of nitrogens with one attached hydrogen (secondary N) is 2. The van der Waals surface area contributed by atoms with E-state index in [1.54, 1.807) is 38.2 Å². The summed E-state index contributed by atoms with van der Waals surface area (Å²) in [6.07, 6.45) is 1.72. The van der Waals surface area contributed by atoms with Gasteiger partial charge in [-0.25, -0.2) is 4.79 Å². The van der Waals surface area contributed by atoms with Gasteiger partial charge in [0, 0.05) is 44.1 Å². The van der Waals surface area contributed by atoms with Gasteiger partial charge in [-0.05, 0) is 59.4 Å². The van der Waals surface area contributed by atoms with Crippen molar-refractivity contribution in [2.24, 2.45) is 0 Å². The van der Waals surface area contributed by atoms with E-state index in [4.69, 9.17) is 0 Å². The van der Waals surface area contributed by atoms with Crippen LogP contribution in [0.5, 0.6) is 0 Å². The number of alkyl halides is 3. The predicted molar refractivity (Wildman–Crippen MR) is 128 cm³/mol. The first-order chi connectivity index (χ1) is 16.7. The highest BCUT2D eigenvalue weighted by molar-refractivity contribution is 5.92. The Labute approximate surface area is 201 Å². The number of fused-ring (bicyclic) bond motifs is 1. The number of carbonyl (C=O) groups is 1. The van der Waals surface area contributed by atoms with Gasteiger partial charge in [0.25, 0.3) is 5.91 Å². The summed E-state index contributed by atoms with van der Waals surface area (Å²) in [7, 11) is 1.55. The van der Waals surface area contributed by atoms with E-state index in [-0.39, 0.29) is 22.9 Å². The quantitative estimate of drug-likeness (QED) is 0.606. The van der Waals surface area contributed by atoms with Gasteiger partial charge < -0.3 is 10.6 Å². The molecule has 2 aliphatic heterocycles. The number of amides is 1. The lowest BCUT2D eigenvalue weighted by molar-refractivity contribution is -0.137. The minimum atomic E-state index is -4.53. The smallest absolute Gasteiger partial charge is 0.354 e. The van der Waals surface area contributed by atoms with Crippen LogP contribution in [-0.4, -0.2) is 41.9 Å². The molecule has 0 atom stereocenters. The summed E-state index contributed by atoms with van der Waals surface area (Å²) in [6.45, 7) is 3.34. The molecule has 35 heavy (non-hydrogen) atoms. The number of halogens is 3. The monoisotopic (exact) mass is 482 g/mol. The molecular formula is C26H25F3N4O2. The molecule has 1 aromatic heterocycles. The van der Waals surface area contributed by atoms with Crippen LogP contribution in [0.2, 0.25) is 0 Å². The topological polar surface area (TPSA) is 74.3 Å². The zero-order chi connectivity index (χ0) is 25.2.